The summed E-state index contributed by atoms with van der Waals surface area (Å²) in [5.41, 5.74) is 3.19. The lowest BCUT2D eigenvalue weighted by Crippen LogP contribution is -2.20. The molecule has 0 aliphatic carbocycles. The highest BCUT2D eigenvalue weighted by molar-refractivity contribution is 5.73. The highest BCUT2D eigenvalue weighted by Crippen LogP contribution is 2.19. The van der Waals surface area contributed by atoms with Crippen LogP contribution in [-0.2, 0) is 6.42 Å². The van der Waals surface area contributed by atoms with Gasteiger partial charge < -0.3 is 9.73 Å². The van der Waals surface area contributed by atoms with Crippen LogP contribution in [0.1, 0.15) is 24.8 Å². The van der Waals surface area contributed by atoms with Crippen LogP contribution in [0.5, 0.6) is 0 Å². The third kappa shape index (κ3) is 2.86. The Morgan fingerprint density at radius 1 is 1.41 bits per heavy atom. The summed E-state index contributed by atoms with van der Waals surface area (Å²) in [6.45, 7) is 5.18. The van der Waals surface area contributed by atoms with Crippen molar-refractivity contribution in [1.29, 1.82) is 0 Å². The fourth-order valence-electron chi connectivity index (χ4n) is 2.20. The lowest BCUT2D eigenvalue weighted by Gasteiger charge is -2.13. The smallest absolute Gasteiger partial charge is 0.192 e. The molecule has 1 aromatic heterocycles. The summed E-state index contributed by atoms with van der Waals surface area (Å²) < 4.78 is 5.48. The number of nitrogens with zero attached hydrogens (tertiary/aromatic N) is 1. The van der Waals surface area contributed by atoms with Crippen LogP contribution >= 0.6 is 0 Å². The zero-order valence-electron chi connectivity index (χ0n) is 10.8. The van der Waals surface area contributed by atoms with Crippen LogP contribution in [0.15, 0.2) is 22.6 Å². The first-order chi connectivity index (χ1) is 8.22. The molecule has 0 fully saturated rings. The van der Waals surface area contributed by atoms with Crippen molar-refractivity contribution in [3.8, 4) is 0 Å². The second kappa shape index (κ2) is 5.32. The SMILES string of the molecule is CCC(CNC)Cc1ccc2oc(C)nc2c1. The summed E-state index contributed by atoms with van der Waals surface area (Å²) in [5.74, 6) is 1.42. The van der Waals surface area contributed by atoms with E-state index in [-0.39, 0.29) is 0 Å². The number of benzene rings is 1. The lowest BCUT2D eigenvalue weighted by atomic mass is 9.97. The van der Waals surface area contributed by atoms with E-state index in [0.29, 0.717) is 5.92 Å². The summed E-state index contributed by atoms with van der Waals surface area (Å²) in [6.07, 6.45) is 2.29. The molecule has 0 amide bonds. The topological polar surface area (TPSA) is 38.1 Å². The van der Waals surface area contributed by atoms with Gasteiger partial charge in [0.15, 0.2) is 11.5 Å². The van der Waals surface area contributed by atoms with Crippen LogP contribution in [0.4, 0.5) is 0 Å². The van der Waals surface area contributed by atoms with Crippen molar-refractivity contribution >= 4 is 11.1 Å². The summed E-state index contributed by atoms with van der Waals surface area (Å²) >= 11 is 0. The van der Waals surface area contributed by atoms with Crippen molar-refractivity contribution in [3.05, 3.63) is 29.7 Å². The number of rotatable bonds is 5. The van der Waals surface area contributed by atoms with Gasteiger partial charge in [0.2, 0.25) is 0 Å². The molecular formula is C14H20N2O. The normalized spacial score (nSPS) is 13.1. The van der Waals surface area contributed by atoms with Gasteiger partial charge in [-0.1, -0.05) is 19.4 Å². The maximum atomic E-state index is 5.48. The summed E-state index contributed by atoms with van der Waals surface area (Å²) in [4.78, 5) is 4.37. The van der Waals surface area contributed by atoms with Gasteiger partial charge in [0.05, 0.1) is 0 Å². The fourth-order valence-corrected chi connectivity index (χ4v) is 2.20. The zero-order valence-corrected chi connectivity index (χ0v) is 10.8. The van der Waals surface area contributed by atoms with Gasteiger partial charge >= 0.3 is 0 Å². The van der Waals surface area contributed by atoms with Gasteiger partial charge in [0.1, 0.15) is 5.52 Å². The van der Waals surface area contributed by atoms with Gasteiger partial charge in [-0.05, 0) is 43.6 Å². The minimum Gasteiger partial charge on any atom is -0.441 e. The minimum atomic E-state index is 0.686. The molecule has 1 unspecified atom stereocenters. The van der Waals surface area contributed by atoms with E-state index >= 15 is 0 Å². The largest absolute Gasteiger partial charge is 0.441 e. The van der Waals surface area contributed by atoms with E-state index < -0.39 is 0 Å². The molecular weight excluding hydrogens is 212 g/mol. The van der Waals surface area contributed by atoms with Gasteiger partial charge in [-0.15, -0.1) is 0 Å². The number of nitrogens with one attached hydrogen (secondary N) is 1. The highest BCUT2D eigenvalue weighted by atomic mass is 16.3. The number of aromatic nitrogens is 1. The maximum absolute atomic E-state index is 5.48. The molecule has 0 radical (unpaired) electrons. The Bertz CT molecular complexity index is 490. The zero-order chi connectivity index (χ0) is 12.3. The second-order valence-corrected chi connectivity index (χ2v) is 4.57. The van der Waals surface area contributed by atoms with Gasteiger partial charge in [-0.2, -0.15) is 0 Å². The third-order valence-electron chi connectivity index (χ3n) is 3.15. The average molecular weight is 232 g/mol. The molecule has 2 rings (SSSR count). The van der Waals surface area contributed by atoms with Crippen LogP contribution in [0.25, 0.3) is 11.1 Å². The lowest BCUT2D eigenvalue weighted by molar-refractivity contribution is 0.481. The average Bonchev–Trinajstić information content (AvgIpc) is 2.68. The van der Waals surface area contributed by atoms with Crippen LogP contribution in [0, 0.1) is 12.8 Å². The number of hydrogen-bond acceptors (Lipinski definition) is 3. The van der Waals surface area contributed by atoms with E-state index in [1.807, 2.05) is 20.0 Å². The molecule has 92 valence electrons. The standard InChI is InChI=1S/C14H20N2O/c1-4-11(9-15-3)7-12-5-6-14-13(8-12)16-10(2)17-14/h5-6,8,11,15H,4,7,9H2,1-3H3. The first-order valence-electron chi connectivity index (χ1n) is 6.23. The van der Waals surface area contributed by atoms with Gasteiger partial charge in [-0.25, -0.2) is 4.98 Å². The summed E-state index contributed by atoms with van der Waals surface area (Å²) in [6, 6.07) is 6.31. The molecule has 0 bridgehead atoms. The van der Waals surface area contributed by atoms with Crippen molar-refractivity contribution in [1.82, 2.24) is 10.3 Å². The molecule has 0 saturated carbocycles. The molecule has 1 aromatic carbocycles. The van der Waals surface area contributed by atoms with Gasteiger partial charge in [-0.3, -0.25) is 0 Å². The first kappa shape index (κ1) is 12.1. The minimum absolute atomic E-state index is 0.686. The molecule has 0 aliphatic heterocycles. The van der Waals surface area contributed by atoms with Crippen molar-refractivity contribution in [3.63, 3.8) is 0 Å². The van der Waals surface area contributed by atoms with E-state index in [9.17, 15) is 0 Å². The maximum Gasteiger partial charge on any atom is 0.192 e. The summed E-state index contributed by atoms with van der Waals surface area (Å²) in [7, 11) is 2.01. The van der Waals surface area contributed by atoms with Crippen molar-refractivity contribution in [2.45, 2.75) is 26.7 Å². The first-order valence-corrected chi connectivity index (χ1v) is 6.23. The quantitative estimate of drug-likeness (QED) is 0.861. The molecule has 17 heavy (non-hydrogen) atoms. The monoisotopic (exact) mass is 232 g/mol. The van der Waals surface area contributed by atoms with E-state index in [1.54, 1.807) is 0 Å². The second-order valence-electron chi connectivity index (χ2n) is 4.57. The van der Waals surface area contributed by atoms with Crippen LogP contribution in [0.2, 0.25) is 0 Å². The van der Waals surface area contributed by atoms with E-state index in [0.717, 1.165) is 30.0 Å². The Morgan fingerprint density at radius 2 is 2.24 bits per heavy atom. The number of oxazole rings is 1. The molecule has 3 nitrogen and oxygen atoms in total. The van der Waals surface area contributed by atoms with E-state index in [4.69, 9.17) is 4.42 Å². The van der Waals surface area contributed by atoms with E-state index in [2.05, 4.69) is 29.4 Å². The molecule has 0 aliphatic rings. The summed E-state index contributed by atoms with van der Waals surface area (Å²) in [5, 5.41) is 3.25. The van der Waals surface area contributed by atoms with Gasteiger partial charge in [0.25, 0.3) is 0 Å². The molecule has 1 N–H and O–H groups in total. The molecule has 1 heterocycles. The van der Waals surface area contributed by atoms with Crippen molar-refractivity contribution in [2.24, 2.45) is 5.92 Å². The Kier molecular flexibility index (Phi) is 3.79. The third-order valence-corrected chi connectivity index (χ3v) is 3.15. The predicted octanol–water partition coefficient (Wildman–Crippen LogP) is 2.92. The Balaban J connectivity index is 2.17. The number of aryl methyl sites for hydroxylation is 1. The Labute approximate surface area is 102 Å². The van der Waals surface area contributed by atoms with Gasteiger partial charge in [0, 0.05) is 6.92 Å². The fraction of sp³-hybridized carbons (Fsp3) is 0.500. The molecule has 0 spiro atoms. The molecule has 0 saturated heterocycles. The Morgan fingerprint density at radius 3 is 2.94 bits per heavy atom. The Hall–Kier alpha value is -1.35. The van der Waals surface area contributed by atoms with Crippen LogP contribution in [-0.4, -0.2) is 18.6 Å². The van der Waals surface area contributed by atoms with Crippen molar-refractivity contribution in [2.75, 3.05) is 13.6 Å². The number of hydrogen-bond donors (Lipinski definition) is 1. The molecule has 3 heteroatoms. The van der Waals surface area contributed by atoms with Crippen LogP contribution < -0.4 is 5.32 Å². The number of fused-ring (bicyclic) bond motifs is 1. The van der Waals surface area contributed by atoms with Crippen molar-refractivity contribution < 1.29 is 4.42 Å². The highest BCUT2D eigenvalue weighted by Gasteiger charge is 2.08. The predicted molar refractivity (Wildman–Crippen MR) is 70.2 cm³/mol. The molecule has 2 aromatic rings. The van der Waals surface area contributed by atoms with E-state index in [1.165, 1.54) is 12.0 Å². The van der Waals surface area contributed by atoms with Crippen LogP contribution in [0.3, 0.4) is 0 Å². The molecule has 1 atom stereocenters.